The smallest absolute Gasteiger partial charge is 0.227 e. The van der Waals surface area contributed by atoms with Crippen molar-refractivity contribution in [1.29, 1.82) is 0 Å². The van der Waals surface area contributed by atoms with Gasteiger partial charge in [-0.25, -0.2) is 0 Å². The first-order valence-electron chi connectivity index (χ1n) is 6.87. The third-order valence-electron chi connectivity index (χ3n) is 3.97. The Morgan fingerprint density at radius 2 is 1.94 bits per heavy atom. The lowest BCUT2D eigenvalue weighted by atomic mass is 9.97. The summed E-state index contributed by atoms with van der Waals surface area (Å²) in [5, 5.41) is 2.78. The highest BCUT2D eigenvalue weighted by Crippen LogP contribution is 2.16. The quantitative estimate of drug-likeness (QED) is 0.757. The molecule has 0 aliphatic carbocycles. The van der Waals surface area contributed by atoms with Crippen molar-refractivity contribution >= 4 is 11.8 Å². The van der Waals surface area contributed by atoms with Gasteiger partial charge in [-0.05, 0) is 20.3 Å². The van der Waals surface area contributed by atoms with E-state index in [-0.39, 0.29) is 17.7 Å². The summed E-state index contributed by atoms with van der Waals surface area (Å²) >= 11 is 0. The minimum atomic E-state index is -0.00620. The van der Waals surface area contributed by atoms with Crippen LogP contribution in [0.3, 0.4) is 0 Å². The predicted molar refractivity (Wildman–Crippen MR) is 69.0 cm³/mol. The van der Waals surface area contributed by atoms with Crippen LogP contribution in [0.15, 0.2) is 0 Å². The molecule has 1 unspecified atom stereocenters. The number of carbonyl (C=O) groups excluding carboxylic acids is 2. The third-order valence-corrected chi connectivity index (χ3v) is 3.97. The average Bonchev–Trinajstić information content (AvgIpc) is 2.39. The fourth-order valence-corrected chi connectivity index (χ4v) is 2.66. The maximum Gasteiger partial charge on any atom is 0.227 e. The van der Waals surface area contributed by atoms with Gasteiger partial charge in [0.2, 0.25) is 11.8 Å². The summed E-state index contributed by atoms with van der Waals surface area (Å²) in [6.45, 7) is 8.46. The molecule has 0 aromatic rings. The number of nitrogens with one attached hydrogen (secondary N) is 1. The minimum Gasteiger partial charge on any atom is -0.355 e. The molecule has 2 aliphatic rings. The lowest BCUT2D eigenvalue weighted by molar-refractivity contribution is -0.139. The van der Waals surface area contributed by atoms with Crippen LogP contribution in [-0.2, 0) is 9.59 Å². The number of piperazine rings is 1. The SMILES string of the molecule is CC(C)N1CCN(C(=O)C2CCC(=O)NC2)CC1. The zero-order valence-corrected chi connectivity index (χ0v) is 11.3. The number of amides is 2. The van der Waals surface area contributed by atoms with Crippen molar-refractivity contribution < 1.29 is 9.59 Å². The zero-order valence-electron chi connectivity index (χ0n) is 11.3. The normalized spacial score (nSPS) is 26.3. The van der Waals surface area contributed by atoms with E-state index >= 15 is 0 Å². The van der Waals surface area contributed by atoms with E-state index in [0.717, 1.165) is 26.2 Å². The standard InChI is InChI=1S/C13H23N3O2/c1-10(2)15-5-7-16(8-6-15)13(18)11-3-4-12(17)14-9-11/h10-11H,3-9H2,1-2H3,(H,14,17). The minimum absolute atomic E-state index is 0.00620. The summed E-state index contributed by atoms with van der Waals surface area (Å²) in [5.74, 6) is 0.287. The van der Waals surface area contributed by atoms with E-state index in [0.29, 0.717) is 25.4 Å². The second-order valence-electron chi connectivity index (χ2n) is 5.49. The number of piperidine rings is 1. The molecule has 18 heavy (non-hydrogen) atoms. The highest BCUT2D eigenvalue weighted by molar-refractivity contribution is 5.83. The Balaban J connectivity index is 1.82. The molecule has 0 bridgehead atoms. The van der Waals surface area contributed by atoms with Crippen LogP contribution in [0.25, 0.3) is 0 Å². The second kappa shape index (κ2) is 5.69. The van der Waals surface area contributed by atoms with Gasteiger partial charge in [0.1, 0.15) is 0 Å². The highest BCUT2D eigenvalue weighted by Gasteiger charge is 2.30. The molecule has 0 aromatic carbocycles. The van der Waals surface area contributed by atoms with Gasteiger partial charge in [-0.2, -0.15) is 0 Å². The van der Waals surface area contributed by atoms with Crippen molar-refractivity contribution in [1.82, 2.24) is 15.1 Å². The lowest BCUT2D eigenvalue weighted by Gasteiger charge is -2.38. The van der Waals surface area contributed by atoms with Crippen molar-refractivity contribution in [3.63, 3.8) is 0 Å². The summed E-state index contributed by atoms with van der Waals surface area (Å²) in [6.07, 6.45) is 1.19. The van der Waals surface area contributed by atoms with Gasteiger partial charge in [0, 0.05) is 45.2 Å². The first-order valence-corrected chi connectivity index (χ1v) is 6.87. The molecule has 0 radical (unpaired) electrons. The molecule has 2 amide bonds. The maximum absolute atomic E-state index is 12.3. The average molecular weight is 253 g/mol. The van der Waals surface area contributed by atoms with Crippen molar-refractivity contribution in [2.24, 2.45) is 5.92 Å². The van der Waals surface area contributed by atoms with Gasteiger partial charge in [0.25, 0.3) is 0 Å². The largest absolute Gasteiger partial charge is 0.355 e. The summed E-state index contributed by atoms with van der Waals surface area (Å²) in [6, 6.07) is 0.552. The summed E-state index contributed by atoms with van der Waals surface area (Å²) in [7, 11) is 0. The first-order chi connectivity index (χ1) is 8.58. The van der Waals surface area contributed by atoms with Gasteiger partial charge >= 0.3 is 0 Å². The molecule has 0 saturated carbocycles. The summed E-state index contributed by atoms with van der Waals surface area (Å²) in [4.78, 5) is 27.7. The summed E-state index contributed by atoms with van der Waals surface area (Å²) in [5.41, 5.74) is 0. The van der Waals surface area contributed by atoms with E-state index in [1.165, 1.54) is 0 Å². The van der Waals surface area contributed by atoms with Gasteiger partial charge in [0.05, 0.1) is 5.92 Å². The number of hydrogen-bond acceptors (Lipinski definition) is 3. The van der Waals surface area contributed by atoms with Crippen LogP contribution < -0.4 is 5.32 Å². The number of carbonyl (C=O) groups is 2. The van der Waals surface area contributed by atoms with Gasteiger partial charge < -0.3 is 10.2 Å². The highest BCUT2D eigenvalue weighted by atomic mass is 16.2. The van der Waals surface area contributed by atoms with Gasteiger partial charge in [-0.1, -0.05) is 0 Å². The third kappa shape index (κ3) is 3.02. The Kier molecular flexibility index (Phi) is 4.22. The van der Waals surface area contributed by atoms with Crippen molar-refractivity contribution in [2.45, 2.75) is 32.7 Å². The summed E-state index contributed by atoms with van der Waals surface area (Å²) < 4.78 is 0. The van der Waals surface area contributed by atoms with E-state index < -0.39 is 0 Å². The van der Waals surface area contributed by atoms with Crippen molar-refractivity contribution in [3.05, 3.63) is 0 Å². The second-order valence-corrected chi connectivity index (χ2v) is 5.49. The maximum atomic E-state index is 12.3. The fourth-order valence-electron chi connectivity index (χ4n) is 2.66. The molecule has 5 nitrogen and oxygen atoms in total. The van der Waals surface area contributed by atoms with E-state index in [2.05, 4.69) is 24.1 Å². The van der Waals surface area contributed by atoms with Crippen molar-refractivity contribution in [2.75, 3.05) is 32.7 Å². The zero-order chi connectivity index (χ0) is 13.1. The Morgan fingerprint density at radius 3 is 2.44 bits per heavy atom. The molecular formula is C13H23N3O2. The fraction of sp³-hybridized carbons (Fsp3) is 0.846. The van der Waals surface area contributed by atoms with Gasteiger partial charge in [0.15, 0.2) is 0 Å². The van der Waals surface area contributed by atoms with Crippen LogP contribution in [0, 0.1) is 5.92 Å². The van der Waals surface area contributed by atoms with Gasteiger partial charge in [-0.3, -0.25) is 14.5 Å². The number of hydrogen-bond donors (Lipinski definition) is 1. The molecule has 2 fully saturated rings. The molecule has 102 valence electrons. The van der Waals surface area contributed by atoms with E-state index in [9.17, 15) is 9.59 Å². The Morgan fingerprint density at radius 1 is 1.28 bits per heavy atom. The van der Waals surface area contributed by atoms with Crippen LogP contribution in [0.1, 0.15) is 26.7 Å². The molecule has 2 rings (SSSR count). The lowest BCUT2D eigenvalue weighted by Crippen LogP contribution is -2.53. The predicted octanol–water partition coefficient (Wildman–Crippen LogP) is 0.0652. The van der Waals surface area contributed by atoms with Crippen LogP contribution in [-0.4, -0.2) is 60.4 Å². The molecule has 1 N–H and O–H groups in total. The van der Waals surface area contributed by atoms with E-state index in [1.807, 2.05) is 4.90 Å². The molecule has 1 atom stereocenters. The van der Waals surface area contributed by atoms with Crippen LogP contribution in [0.4, 0.5) is 0 Å². The molecule has 2 saturated heterocycles. The first kappa shape index (κ1) is 13.3. The number of rotatable bonds is 2. The molecule has 0 spiro atoms. The topological polar surface area (TPSA) is 52.7 Å². The molecule has 5 heteroatoms. The Hall–Kier alpha value is -1.10. The number of nitrogens with zero attached hydrogens (tertiary/aromatic N) is 2. The molecule has 2 heterocycles. The molecule has 2 aliphatic heterocycles. The molecule has 0 aromatic heterocycles. The Labute approximate surface area is 108 Å². The van der Waals surface area contributed by atoms with E-state index in [1.54, 1.807) is 0 Å². The Bertz CT molecular complexity index is 312. The van der Waals surface area contributed by atoms with Gasteiger partial charge in [-0.15, -0.1) is 0 Å². The van der Waals surface area contributed by atoms with Crippen LogP contribution in [0.5, 0.6) is 0 Å². The van der Waals surface area contributed by atoms with Crippen LogP contribution >= 0.6 is 0 Å². The van der Waals surface area contributed by atoms with Crippen molar-refractivity contribution in [3.8, 4) is 0 Å². The van der Waals surface area contributed by atoms with E-state index in [4.69, 9.17) is 0 Å². The monoisotopic (exact) mass is 253 g/mol. The van der Waals surface area contributed by atoms with Crippen LogP contribution in [0.2, 0.25) is 0 Å². The molecular weight excluding hydrogens is 230 g/mol.